The van der Waals surface area contributed by atoms with Gasteiger partial charge in [-0.25, -0.2) is 4.79 Å². The van der Waals surface area contributed by atoms with Gasteiger partial charge in [0.2, 0.25) is 11.2 Å². The molecular formula is C19H28ClN5O3. The molecule has 2 aliphatic rings. The molecule has 0 radical (unpaired) electrons. The zero-order valence-electron chi connectivity index (χ0n) is 16.9. The third kappa shape index (κ3) is 3.42. The van der Waals surface area contributed by atoms with E-state index in [1.54, 1.807) is 16.2 Å². The van der Waals surface area contributed by atoms with Gasteiger partial charge in [-0.2, -0.15) is 9.97 Å². The van der Waals surface area contributed by atoms with Gasteiger partial charge in [0.25, 0.3) is 0 Å². The maximum Gasteiger partial charge on any atom is 0.330 e. The fourth-order valence-corrected chi connectivity index (χ4v) is 4.74. The molecule has 0 amide bonds. The largest absolute Gasteiger partial charge is 0.471 e. The molecule has 2 aromatic heterocycles. The molecule has 28 heavy (non-hydrogen) atoms. The second kappa shape index (κ2) is 7.65. The fourth-order valence-electron chi connectivity index (χ4n) is 4.59. The van der Waals surface area contributed by atoms with Crippen LogP contribution in [0.4, 0.5) is 0 Å². The Bertz CT molecular complexity index is 926. The summed E-state index contributed by atoms with van der Waals surface area (Å²) in [6.45, 7) is 6.43. The maximum atomic E-state index is 13.0. The van der Waals surface area contributed by atoms with Gasteiger partial charge in [0, 0.05) is 19.7 Å². The molecular weight excluding hydrogens is 382 g/mol. The highest BCUT2D eigenvalue weighted by molar-refractivity contribution is 6.28. The van der Waals surface area contributed by atoms with Crippen LogP contribution in [0, 0.1) is 5.92 Å². The van der Waals surface area contributed by atoms with Gasteiger partial charge in [0.15, 0.2) is 11.2 Å². The highest BCUT2D eigenvalue weighted by Gasteiger charge is 2.31. The first-order valence-corrected chi connectivity index (χ1v) is 10.3. The molecule has 0 spiro atoms. The number of hydrogen-bond acceptors (Lipinski definition) is 6. The molecule has 4 heterocycles. The van der Waals surface area contributed by atoms with Crippen molar-refractivity contribution in [2.45, 2.75) is 51.3 Å². The molecule has 0 saturated carbocycles. The van der Waals surface area contributed by atoms with Gasteiger partial charge >= 0.3 is 5.69 Å². The summed E-state index contributed by atoms with van der Waals surface area (Å²) in [5.74, 6) is 0.748. The van der Waals surface area contributed by atoms with Gasteiger partial charge < -0.3 is 9.47 Å². The second-order valence-corrected chi connectivity index (χ2v) is 8.56. The minimum Gasteiger partial charge on any atom is -0.471 e. The third-order valence-corrected chi connectivity index (χ3v) is 6.20. The Labute approximate surface area is 169 Å². The van der Waals surface area contributed by atoms with Crippen LogP contribution in [0.1, 0.15) is 39.2 Å². The highest BCUT2D eigenvalue weighted by atomic mass is 35.5. The van der Waals surface area contributed by atoms with E-state index in [0.717, 1.165) is 25.8 Å². The van der Waals surface area contributed by atoms with Crippen molar-refractivity contribution in [3.8, 4) is 5.88 Å². The number of likely N-dealkylation sites (tertiary alicyclic amines) is 1. The van der Waals surface area contributed by atoms with E-state index in [-0.39, 0.29) is 23.1 Å². The predicted molar refractivity (Wildman–Crippen MR) is 107 cm³/mol. The van der Waals surface area contributed by atoms with Gasteiger partial charge in [-0.3, -0.25) is 14.0 Å². The SMILES string of the molecule is C[C@@H]1COC[C@H](n2c(=O)n(C)c3c(O[C@@H](C)[C@@H]4CCCN4C)nc(Cl)nc32)C1. The third-order valence-electron chi connectivity index (χ3n) is 6.03. The number of aromatic nitrogens is 4. The van der Waals surface area contributed by atoms with Crippen LogP contribution in [0.3, 0.4) is 0 Å². The molecule has 0 aliphatic carbocycles. The lowest BCUT2D eigenvalue weighted by Gasteiger charge is -2.27. The smallest absolute Gasteiger partial charge is 0.330 e. The van der Waals surface area contributed by atoms with E-state index in [9.17, 15) is 4.79 Å². The molecule has 2 aromatic rings. The van der Waals surface area contributed by atoms with Crippen molar-refractivity contribution in [2.75, 3.05) is 26.8 Å². The first-order valence-electron chi connectivity index (χ1n) is 9.96. The summed E-state index contributed by atoms with van der Waals surface area (Å²) in [4.78, 5) is 24.1. The fraction of sp³-hybridized carbons (Fsp3) is 0.737. The number of ether oxygens (including phenoxy) is 2. The van der Waals surface area contributed by atoms with E-state index in [0.29, 0.717) is 42.2 Å². The summed E-state index contributed by atoms with van der Waals surface area (Å²) >= 11 is 6.23. The van der Waals surface area contributed by atoms with E-state index in [1.165, 1.54) is 0 Å². The number of aryl methyl sites for hydroxylation is 1. The van der Waals surface area contributed by atoms with Gasteiger partial charge in [0.1, 0.15) is 6.10 Å². The number of rotatable bonds is 4. The Morgan fingerprint density at radius 2 is 2.07 bits per heavy atom. The van der Waals surface area contributed by atoms with E-state index in [4.69, 9.17) is 21.1 Å². The Hall–Kier alpha value is -1.64. The molecule has 0 N–H and O–H groups in total. The topological polar surface area (TPSA) is 74.4 Å². The molecule has 0 bridgehead atoms. The summed E-state index contributed by atoms with van der Waals surface area (Å²) in [6, 6.07) is 0.243. The maximum absolute atomic E-state index is 13.0. The Morgan fingerprint density at radius 1 is 1.29 bits per heavy atom. The van der Waals surface area contributed by atoms with Crippen molar-refractivity contribution >= 4 is 22.8 Å². The molecule has 154 valence electrons. The van der Waals surface area contributed by atoms with Crippen molar-refractivity contribution in [1.29, 1.82) is 0 Å². The van der Waals surface area contributed by atoms with Crippen LogP contribution in [0.5, 0.6) is 5.88 Å². The summed E-state index contributed by atoms with van der Waals surface area (Å²) in [5, 5.41) is 0.0820. The molecule has 2 aliphatic heterocycles. The second-order valence-electron chi connectivity index (χ2n) is 8.23. The van der Waals surface area contributed by atoms with Crippen molar-refractivity contribution < 1.29 is 9.47 Å². The quantitative estimate of drug-likeness (QED) is 0.721. The average Bonchev–Trinajstić information content (AvgIpc) is 3.17. The first kappa shape index (κ1) is 19.7. The van der Waals surface area contributed by atoms with Crippen molar-refractivity contribution in [2.24, 2.45) is 13.0 Å². The number of hydrogen-bond donors (Lipinski definition) is 0. The van der Waals surface area contributed by atoms with Crippen molar-refractivity contribution in [3.63, 3.8) is 0 Å². The Balaban J connectivity index is 1.76. The van der Waals surface area contributed by atoms with E-state index in [1.807, 2.05) is 6.92 Å². The molecule has 2 saturated heterocycles. The molecule has 0 aromatic carbocycles. The number of imidazole rings is 1. The Kier molecular flexibility index (Phi) is 5.37. The van der Waals surface area contributed by atoms with Crippen molar-refractivity contribution in [1.82, 2.24) is 24.0 Å². The monoisotopic (exact) mass is 409 g/mol. The zero-order valence-corrected chi connectivity index (χ0v) is 17.6. The Morgan fingerprint density at radius 3 is 2.75 bits per heavy atom. The molecule has 4 rings (SSSR count). The van der Waals surface area contributed by atoms with Crippen LogP contribution >= 0.6 is 11.6 Å². The molecule has 8 nitrogen and oxygen atoms in total. The van der Waals surface area contributed by atoms with Crippen LogP contribution in [0.25, 0.3) is 11.2 Å². The molecule has 9 heteroatoms. The summed E-state index contributed by atoms with van der Waals surface area (Å²) in [5.41, 5.74) is 0.946. The van der Waals surface area contributed by atoms with E-state index in [2.05, 4.69) is 28.8 Å². The van der Waals surface area contributed by atoms with Crippen LogP contribution in [0.2, 0.25) is 5.28 Å². The molecule has 4 atom stereocenters. The minimum absolute atomic E-state index is 0.0712. The number of nitrogens with zero attached hydrogens (tertiary/aromatic N) is 5. The van der Waals surface area contributed by atoms with E-state index >= 15 is 0 Å². The minimum atomic E-state index is -0.148. The zero-order chi connectivity index (χ0) is 20.0. The standard InChI is InChI=1S/C19H28ClN5O3/c1-11-8-13(10-27-9-11)25-16-15(24(4)19(25)26)17(22-18(20)21-16)28-12(2)14-6-5-7-23(14)3/h11-14H,5-10H2,1-4H3/t11-,12-,13+,14-/m0/s1. The van der Waals surface area contributed by atoms with Gasteiger partial charge in [-0.15, -0.1) is 0 Å². The average molecular weight is 410 g/mol. The van der Waals surface area contributed by atoms with Gasteiger partial charge in [-0.1, -0.05) is 6.92 Å². The molecule has 0 unspecified atom stereocenters. The summed E-state index contributed by atoms with van der Waals surface area (Å²) in [6.07, 6.45) is 3.03. The van der Waals surface area contributed by atoms with Crippen LogP contribution in [-0.4, -0.2) is 63.0 Å². The lowest BCUT2D eigenvalue weighted by Crippen LogP contribution is -2.38. The highest BCUT2D eigenvalue weighted by Crippen LogP contribution is 2.31. The number of fused-ring (bicyclic) bond motifs is 1. The lowest BCUT2D eigenvalue weighted by atomic mass is 10.0. The van der Waals surface area contributed by atoms with Crippen molar-refractivity contribution in [3.05, 3.63) is 15.8 Å². The van der Waals surface area contributed by atoms with E-state index < -0.39 is 0 Å². The summed E-state index contributed by atoms with van der Waals surface area (Å²) < 4.78 is 15.2. The lowest BCUT2D eigenvalue weighted by molar-refractivity contribution is 0.0257. The van der Waals surface area contributed by atoms with Gasteiger partial charge in [0.05, 0.1) is 12.6 Å². The number of halogens is 1. The first-order chi connectivity index (χ1) is 13.4. The van der Waals surface area contributed by atoms with Crippen LogP contribution in [0.15, 0.2) is 4.79 Å². The number of likely N-dealkylation sites (N-methyl/N-ethyl adjacent to an activating group) is 1. The van der Waals surface area contributed by atoms with Gasteiger partial charge in [-0.05, 0) is 57.3 Å². The normalized spacial score (nSPS) is 27.4. The predicted octanol–water partition coefficient (Wildman–Crippen LogP) is 2.24. The summed E-state index contributed by atoms with van der Waals surface area (Å²) in [7, 11) is 3.83. The van der Waals surface area contributed by atoms with Crippen LogP contribution in [-0.2, 0) is 11.8 Å². The van der Waals surface area contributed by atoms with Crippen LogP contribution < -0.4 is 10.4 Å². The molecule has 2 fully saturated rings.